The average Bonchev–Trinajstić information content (AvgIpc) is 2.92. The first kappa shape index (κ1) is 16.0. The molecular formula is C20H21BrN2. The Labute approximate surface area is 146 Å². The lowest BCUT2D eigenvalue weighted by Gasteiger charge is -2.08. The summed E-state index contributed by atoms with van der Waals surface area (Å²) in [7, 11) is 0. The van der Waals surface area contributed by atoms with Crippen molar-refractivity contribution >= 4 is 27.3 Å². The number of aryl methyl sites for hydroxylation is 2. The molecule has 0 fully saturated rings. The molecule has 0 saturated heterocycles. The molecule has 3 aromatic heterocycles. The summed E-state index contributed by atoms with van der Waals surface area (Å²) in [5.74, 6) is 0. The number of aromatic amines is 1. The smallest absolute Gasteiger partial charge is 0.238 e. The number of aromatic nitrogens is 2. The summed E-state index contributed by atoms with van der Waals surface area (Å²) in [6, 6.07) is 10.8. The number of nitrogens with zero attached hydrogens (tertiary/aromatic N) is 1. The Hall–Kier alpha value is -1.87. The first-order chi connectivity index (χ1) is 10.7. The number of nitrogens with one attached hydrogen (secondary N) is 1. The second-order valence-electron chi connectivity index (χ2n) is 6.00. The van der Waals surface area contributed by atoms with Crippen LogP contribution in [0, 0.1) is 6.92 Å². The topological polar surface area (TPSA) is 19.9 Å². The number of halogens is 1. The van der Waals surface area contributed by atoms with Crippen LogP contribution < -0.4 is 21.4 Å². The van der Waals surface area contributed by atoms with Crippen molar-refractivity contribution in [3.63, 3.8) is 0 Å². The van der Waals surface area contributed by atoms with Crippen LogP contribution in [-0.4, -0.2) is 4.98 Å². The highest BCUT2D eigenvalue weighted by Crippen LogP contribution is 2.29. The molecule has 1 N–H and O–H groups in total. The maximum atomic E-state index is 3.63. The number of hydrogen-bond acceptors (Lipinski definition) is 0. The van der Waals surface area contributed by atoms with Gasteiger partial charge >= 0.3 is 0 Å². The Kier molecular flexibility index (Phi) is 4.15. The maximum absolute atomic E-state index is 3.63. The number of hydrogen-bond donors (Lipinski definition) is 1. The summed E-state index contributed by atoms with van der Waals surface area (Å²) in [5.41, 5.74) is 8.12. The first-order valence-electron chi connectivity index (χ1n) is 8.10. The van der Waals surface area contributed by atoms with Crippen LogP contribution in [0.2, 0.25) is 0 Å². The van der Waals surface area contributed by atoms with E-state index in [1.54, 1.807) is 0 Å². The standard InChI is InChI=1S/C20H20N2.BrH/c1-4-14-12-22-11-10-17-16-8-6-7-9-18(16)21-19(17)20(22)13(3)15(14)5-2;/h6-12H,4-5H2,1-3H3;1H. The molecule has 0 aliphatic carbocycles. The summed E-state index contributed by atoms with van der Waals surface area (Å²) >= 11 is 0. The van der Waals surface area contributed by atoms with Crippen LogP contribution >= 0.6 is 0 Å². The average molecular weight is 369 g/mol. The zero-order chi connectivity index (χ0) is 15.3. The van der Waals surface area contributed by atoms with Gasteiger partial charge in [-0.3, -0.25) is 0 Å². The van der Waals surface area contributed by atoms with Crippen LogP contribution in [0.15, 0.2) is 42.7 Å². The Morgan fingerprint density at radius 1 is 1.00 bits per heavy atom. The minimum absolute atomic E-state index is 0. The van der Waals surface area contributed by atoms with Crippen LogP contribution in [0.25, 0.3) is 27.3 Å². The third-order valence-corrected chi connectivity index (χ3v) is 4.87. The molecule has 0 amide bonds. The normalized spacial score (nSPS) is 11.3. The van der Waals surface area contributed by atoms with Gasteiger partial charge in [-0.15, -0.1) is 0 Å². The quantitative estimate of drug-likeness (QED) is 0.517. The summed E-state index contributed by atoms with van der Waals surface area (Å²) in [4.78, 5) is 3.63. The fourth-order valence-electron chi connectivity index (χ4n) is 3.80. The lowest BCUT2D eigenvalue weighted by molar-refractivity contribution is -0.511. The number of rotatable bonds is 2. The van der Waals surface area contributed by atoms with E-state index in [9.17, 15) is 0 Å². The van der Waals surface area contributed by atoms with E-state index in [1.807, 2.05) is 0 Å². The largest absolute Gasteiger partial charge is 1.00 e. The van der Waals surface area contributed by atoms with Gasteiger partial charge < -0.3 is 22.0 Å². The lowest BCUT2D eigenvalue weighted by Crippen LogP contribution is -3.00. The zero-order valence-electron chi connectivity index (χ0n) is 13.8. The summed E-state index contributed by atoms with van der Waals surface area (Å²) < 4.78 is 2.28. The molecule has 4 aromatic rings. The van der Waals surface area contributed by atoms with E-state index < -0.39 is 0 Å². The number of para-hydroxylation sites is 1. The minimum Gasteiger partial charge on any atom is -1.00 e. The molecule has 0 radical (unpaired) electrons. The molecule has 0 unspecified atom stereocenters. The predicted molar refractivity (Wildman–Crippen MR) is 92.5 cm³/mol. The third kappa shape index (κ3) is 2.26. The van der Waals surface area contributed by atoms with E-state index in [0.29, 0.717) is 0 Å². The molecule has 0 atom stereocenters. The molecule has 0 spiro atoms. The highest BCUT2D eigenvalue weighted by atomic mass is 79.9. The highest BCUT2D eigenvalue weighted by molar-refractivity contribution is 6.11. The van der Waals surface area contributed by atoms with Gasteiger partial charge in [0.15, 0.2) is 12.4 Å². The SMILES string of the molecule is CCc1c[n+]2ccc3c4ccccc4[nH]c3c2c(C)c1CC.[Br-]. The van der Waals surface area contributed by atoms with Crippen molar-refractivity contribution in [3.05, 3.63) is 59.4 Å². The number of pyridine rings is 2. The molecule has 3 heterocycles. The van der Waals surface area contributed by atoms with Crippen molar-refractivity contribution in [2.75, 3.05) is 0 Å². The van der Waals surface area contributed by atoms with Gasteiger partial charge in [-0.25, -0.2) is 0 Å². The van der Waals surface area contributed by atoms with Gasteiger partial charge in [-0.05, 0) is 31.4 Å². The molecule has 3 heteroatoms. The van der Waals surface area contributed by atoms with E-state index >= 15 is 0 Å². The Balaban J connectivity index is 0.00000156. The van der Waals surface area contributed by atoms with Crippen LogP contribution in [0.5, 0.6) is 0 Å². The van der Waals surface area contributed by atoms with Crippen molar-refractivity contribution < 1.29 is 21.4 Å². The molecule has 2 nitrogen and oxygen atoms in total. The number of H-pyrrole nitrogens is 1. The van der Waals surface area contributed by atoms with Crippen molar-refractivity contribution in [1.29, 1.82) is 0 Å². The third-order valence-electron chi connectivity index (χ3n) is 4.87. The monoisotopic (exact) mass is 368 g/mol. The lowest BCUT2D eigenvalue weighted by atomic mass is 9.98. The zero-order valence-corrected chi connectivity index (χ0v) is 15.4. The maximum Gasteiger partial charge on any atom is 0.238 e. The van der Waals surface area contributed by atoms with Crippen LogP contribution in [0.3, 0.4) is 0 Å². The Morgan fingerprint density at radius 3 is 2.52 bits per heavy atom. The van der Waals surface area contributed by atoms with Gasteiger partial charge in [0, 0.05) is 33.5 Å². The van der Waals surface area contributed by atoms with Gasteiger partial charge in [0.25, 0.3) is 0 Å². The highest BCUT2D eigenvalue weighted by Gasteiger charge is 2.19. The van der Waals surface area contributed by atoms with Gasteiger partial charge in [-0.2, -0.15) is 4.40 Å². The second kappa shape index (κ2) is 5.97. The van der Waals surface area contributed by atoms with Gasteiger partial charge in [0.05, 0.1) is 0 Å². The van der Waals surface area contributed by atoms with E-state index in [-0.39, 0.29) is 17.0 Å². The molecule has 0 aliphatic heterocycles. The summed E-state index contributed by atoms with van der Waals surface area (Å²) in [6.07, 6.45) is 6.66. The minimum atomic E-state index is 0. The van der Waals surface area contributed by atoms with Crippen molar-refractivity contribution in [2.24, 2.45) is 0 Å². The predicted octanol–water partition coefficient (Wildman–Crippen LogP) is 1.50. The Bertz CT molecular complexity index is 1010. The van der Waals surface area contributed by atoms with E-state index in [0.717, 1.165) is 12.8 Å². The van der Waals surface area contributed by atoms with Gasteiger partial charge in [0.1, 0.15) is 5.52 Å². The molecule has 118 valence electrons. The second-order valence-corrected chi connectivity index (χ2v) is 6.00. The Morgan fingerprint density at radius 2 is 1.78 bits per heavy atom. The van der Waals surface area contributed by atoms with Crippen molar-refractivity contribution in [1.82, 2.24) is 4.98 Å². The van der Waals surface area contributed by atoms with E-state index in [4.69, 9.17) is 0 Å². The number of fused-ring (bicyclic) bond motifs is 5. The van der Waals surface area contributed by atoms with Crippen molar-refractivity contribution in [2.45, 2.75) is 33.6 Å². The fourth-order valence-corrected chi connectivity index (χ4v) is 3.80. The first-order valence-corrected chi connectivity index (χ1v) is 8.10. The molecule has 0 aliphatic rings. The van der Waals surface area contributed by atoms with E-state index in [1.165, 1.54) is 44.0 Å². The molecule has 23 heavy (non-hydrogen) atoms. The van der Waals surface area contributed by atoms with Crippen LogP contribution in [0.1, 0.15) is 30.5 Å². The van der Waals surface area contributed by atoms with E-state index in [2.05, 4.69) is 72.9 Å². The fraction of sp³-hybridized carbons (Fsp3) is 0.250. The van der Waals surface area contributed by atoms with Gasteiger partial charge in [-0.1, -0.05) is 32.0 Å². The van der Waals surface area contributed by atoms with Crippen molar-refractivity contribution in [3.8, 4) is 0 Å². The molecule has 0 saturated carbocycles. The molecular weight excluding hydrogens is 348 g/mol. The summed E-state index contributed by atoms with van der Waals surface area (Å²) in [6.45, 7) is 6.75. The molecule has 0 bridgehead atoms. The van der Waals surface area contributed by atoms with Crippen LogP contribution in [-0.2, 0) is 12.8 Å². The molecule has 1 aromatic carbocycles. The number of benzene rings is 1. The van der Waals surface area contributed by atoms with Gasteiger partial charge in [0.2, 0.25) is 5.52 Å². The van der Waals surface area contributed by atoms with Crippen LogP contribution in [0.4, 0.5) is 0 Å². The summed E-state index contributed by atoms with van der Waals surface area (Å²) in [5, 5.41) is 2.61. The molecule has 4 rings (SSSR count).